The van der Waals surface area contributed by atoms with Gasteiger partial charge in [0.05, 0.1) is 18.4 Å². The molecule has 0 aliphatic heterocycles. The molecule has 0 radical (unpaired) electrons. The van der Waals surface area contributed by atoms with Crippen molar-refractivity contribution in [2.75, 3.05) is 11.9 Å². The van der Waals surface area contributed by atoms with Crippen LogP contribution < -0.4 is 5.32 Å². The molecule has 1 heterocycles. The largest absolute Gasteiger partial charge is 0.462 e. The van der Waals surface area contributed by atoms with Gasteiger partial charge in [0, 0.05) is 12.6 Å². The van der Waals surface area contributed by atoms with E-state index in [0.717, 1.165) is 0 Å². The van der Waals surface area contributed by atoms with Crippen molar-refractivity contribution in [1.29, 1.82) is 0 Å². The third kappa shape index (κ3) is 3.23. The molecule has 0 saturated carbocycles. The Morgan fingerprint density at radius 1 is 1.30 bits per heavy atom. The normalized spacial score (nSPS) is 10.1. The van der Waals surface area contributed by atoms with E-state index < -0.39 is 11.9 Å². The number of amides is 1. The molecule has 0 aliphatic carbocycles. The van der Waals surface area contributed by atoms with Gasteiger partial charge in [-0.2, -0.15) is 0 Å². The molecule has 1 amide bonds. The van der Waals surface area contributed by atoms with E-state index in [4.69, 9.17) is 9.15 Å². The lowest BCUT2D eigenvalue weighted by Gasteiger charge is -2.05. The van der Waals surface area contributed by atoms with Crippen LogP contribution in [0.1, 0.15) is 33.7 Å². The monoisotopic (exact) mass is 274 g/mol. The Hall–Kier alpha value is -2.63. The molecule has 0 atom stereocenters. The van der Waals surface area contributed by atoms with Crippen molar-refractivity contribution < 1.29 is 18.7 Å². The number of aromatic nitrogens is 1. The molecule has 0 aliphatic rings. The smallest absolute Gasteiger partial charge is 0.338 e. The molecule has 0 unspecified atom stereocenters. The van der Waals surface area contributed by atoms with E-state index in [2.05, 4.69) is 10.3 Å². The van der Waals surface area contributed by atoms with Gasteiger partial charge in [-0.1, -0.05) is 0 Å². The minimum Gasteiger partial charge on any atom is -0.462 e. The third-order valence-corrected chi connectivity index (χ3v) is 2.50. The Morgan fingerprint density at radius 3 is 2.55 bits per heavy atom. The Bertz CT molecular complexity index is 616. The molecular weight excluding hydrogens is 260 g/mol. The molecule has 0 saturated heterocycles. The summed E-state index contributed by atoms with van der Waals surface area (Å²) in [5.41, 5.74) is 0.984. The summed E-state index contributed by atoms with van der Waals surface area (Å²) >= 11 is 0. The maximum Gasteiger partial charge on any atom is 0.338 e. The molecule has 2 aromatic rings. The molecule has 6 heteroatoms. The second-order valence-electron chi connectivity index (χ2n) is 4.00. The van der Waals surface area contributed by atoms with Crippen molar-refractivity contribution in [2.24, 2.45) is 0 Å². The number of hydrogen-bond donors (Lipinski definition) is 1. The average Bonchev–Trinajstić information content (AvgIpc) is 2.86. The van der Waals surface area contributed by atoms with Gasteiger partial charge in [-0.3, -0.25) is 4.79 Å². The minimum absolute atomic E-state index is 0.136. The SMILES string of the molecule is CCOC(=O)c1ccc(NC(=O)c2cnc(C)o2)cc1. The molecule has 1 N–H and O–H groups in total. The number of esters is 1. The van der Waals surface area contributed by atoms with Gasteiger partial charge >= 0.3 is 5.97 Å². The fourth-order valence-electron chi connectivity index (χ4n) is 1.56. The van der Waals surface area contributed by atoms with E-state index in [9.17, 15) is 9.59 Å². The van der Waals surface area contributed by atoms with Crippen LogP contribution in [0.25, 0.3) is 0 Å². The number of nitrogens with one attached hydrogen (secondary N) is 1. The van der Waals surface area contributed by atoms with Crippen LogP contribution in [-0.4, -0.2) is 23.5 Å². The number of oxazole rings is 1. The predicted molar refractivity (Wildman–Crippen MR) is 71.6 cm³/mol. The van der Waals surface area contributed by atoms with Crippen molar-refractivity contribution in [3.05, 3.63) is 47.7 Å². The predicted octanol–water partition coefficient (Wildman–Crippen LogP) is 2.41. The molecule has 0 fully saturated rings. The van der Waals surface area contributed by atoms with Crippen LogP contribution in [0.15, 0.2) is 34.9 Å². The van der Waals surface area contributed by atoms with Gasteiger partial charge in [0.15, 0.2) is 5.89 Å². The van der Waals surface area contributed by atoms with Crippen molar-refractivity contribution >= 4 is 17.6 Å². The Morgan fingerprint density at radius 2 is 2.00 bits per heavy atom. The molecule has 6 nitrogen and oxygen atoms in total. The summed E-state index contributed by atoms with van der Waals surface area (Å²) in [6.07, 6.45) is 1.36. The van der Waals surface area contributed by atoms with Crippen LogP contribution in [0.4, 0.5) is 5.69 Å². The summed E-state index contributed by atoms with van der Waals surface area (Å²) in [6.45, 7) is 3.72. The average molecular weight is 274 g/mol. The number of rotatable bonds is 4. The lowest BCUT2D eigenvalue weighted by Crippen LogP contribution is -2.11. The maximum atomic E-state index is 11.8. The van der Waals surface area contributed by atoms with E-state index >= 15 is 0 Å². The molecule has 1 aromatic heterocycles. The summed E-state index contributed by atoms with van der Waals surface area (Å²) in [4.78, 5) is 27.1. The summed E-state index contributed by atoms with van der Waals surface area (Å²) in [6, 6.07) is 6.40. The molecule has 20 heavy (non-hydrogen) atoms. The highest BCUT2D eigenvalue weighted by molar-refractivity contribution is 6.02. The Kier molecular flexibility index (Phi) is 4.14. The number of hydrogen-bond acceptors (Lipinski definition) is 5. The van der Waals surface area contributed by atoms with E-state index in [-0.39, 0.29) is 5.76 Å². The van der Waals surface area contributed by atoms with Gasteiger partial charge < -0.3 is 14.5 Å². The Labute approximate surface area is 115 Å². The first-order valence-corrected chi connectivity index (χ1v) is 6.11. The zero-order chi connectivity index (χ0) is 14.5. The van der Waals surface area contributed by atoms with Crippen LogP contribution in [0, 0.1) is 6.92 Å². The minimum atomic E-state index is -0.394. The third-order valence-electron chi connectivity index (χ3n) is 2.50. The van der Waals surface area contributed by atoms with Gasteiger partial charge in [0.25, 0.3) is 5.91 Å². The van der Waals surface area contributed by atoms with Crippen LogP contribution in [0.3, 0.4) is 0 Å². The van der Waals surface area contributed by atoms with E-state index in [1.165, 1.54) is 6.20 Å². The first kappa shape index (κ1) is 13.8. The van der Waals surface area contributed by atoms with Crippen LogP contribution in [-0.2, 0) is 4.74 Å². The second kappa shape index (κ2) is 6.01. The number of anilines is 1. The van der Waals surface area contributed by atoms with Gasteiger partial charge in [0.2, 0.25) is 5.76 Å². The molecule has 2 rings (SSSR count). The molecule has 104 valence electrons. The van der Waals surface area contributed by atoms with Gasteiger partial charge in [-0.05, 0) is 31.2 Å². The zero-order valence-electron chi connectivity index (χ0n) is 11.2. The van der Waals surface area contributed by atoms with Crippen molar-refractivity contribution in [3.8, 4) is 0 Å². The van der Waals surface area contributed by atoms with E-state index in [1.54, 1.807) is 38.1 Å². The van der Waals surface area contributed by atoms with Crippen molar-refractivity contribution in [1.82, 2.24) is 4.98 Å². The first-order valence-electron chi connectivity index (χ1n) is 6.11. The molecule has 1 aromatic carbocycles. The number of ether oxygens (including phenoxy) is 1. The highest BCUT2D eigenvalue weighted by atomic mass is 16.5. The number of aryl methyl sites for hydroxylation is 1. The number of benzene rings is 1. The quantitative estimate of drug-likeness (QED) is 0.866. The van der Waals surface area contributed by atoms with Crippen molar-refractivity contribution in [2.45, 2.75) is 13.8 Å². The zero-order valence-corrected chi connectivity index (χ0v) is 11.2. The summed E-state index contributed by atoms with van der Waals surface area (Å²) in [7, 11) is 0. The lowest BCUT2D eigenvalue weighted by atomic mass is 10.2. The summed E-state index contributed by atoms with van der Waals surface area (Å²) < 4.78 is 9.99. The number of nitrogens with zero attached hydrogens (tertiary/aromatic N) is 1. The lowest BCUT2D eigenvalue weighted by molar-refractivity contribution is 0.0526. The van der Waals surface area contributed by atoms with E-state index in [1.807, 2.05) is 0 Å². The first-order chi connectivity index (χ1) is 9.60. The standard InChI is InChI=1S/C14H14N2O4/c1-3-19-14(18)10-4-6-11(7-5-10)16-13(17)12-8-15-9(2)20-12/h4-8H,3H2,1-2H3,(H,16,17). The molecular formula is C14H14N2O4. The fourth-order valence-corrected chi connectivity index (χ4v) is 1.56. The maximum absolute atomic E-state index is 11.8. The topological polar surface area (TPSA) is 81.4 Å². The van der Waals surface area contributed by atoms with Gasteiger partial charge in [-0.15, -0.1) is 0 Å². The summed E-state index contributed by atoms with van der Waals surface area (Å²) in [5.74, 6) is -0.226. The van der Waals surface area contributed by atoms with Crippen LogP contribution in [0.5, 0.6) is 0 Å². The van der Waals surface area contributed by atoms with Crippen molar-refractivity contribution in [3.63, 3.8) is 0 Å². The highest BCUT2D eigenvalue weighted by Gasteiger charge is 2.12. The fraction of sp³-hybridized carbons (Fsp3) is 0.214. The number of carbonyl (C=O) groups is 2. The second-order valence-corrected chi connectivity index (χ2v) is 4.00. The van der Waals surface area contributed by atoms with E-state index in [0.29, 0.717) is 23.7 Å². The summed E-state index contributed by atoms with van der Waals surface area (Å²) in [5, 5.41) is 2.64. The van der Waals surface area contributed by atoms with Crippen LogP contribution >= 0.6 is 0 Å². The van der Waals surface area contributed by atoms with Gasteiger partial charge in [-0.25, -0.2) is 9.78 Å². The number of carbonyl (C=O) groups excluding carboxylic acids is 2. The molecule has 0 spiro atoms. The Balaban J connectivity index is 2.04. The highest BCUT2D eigenvalue weighted by Crippen LogP contribution is 2.12. The van der Waals surface area contributed by atoms with Crippen LogP contribution in [0.2, 0.25) is 0 Å². The van der Waals surface area contributed by atoms with Gasteiger partial charge in [0.1, 0.15) is 0 Å². The molecule has 0 bridgehead atoms.